The lowest BCUT2D eigenvalue weighted by molar-refractivity contribution is -0.113. The Morgan fingerprint density at radius 1 is 1.00 bits per heavy atom. The third-order valence-electron chi connectivity index (χ3n) is 5.00. The monoisotopic (exact) mass is 465 g/mol. The Bertz CT molecular complexity index is 1260. The van der Waals surface area contributed by atoms with Crippen LogP contribution < -0.4 is 9.64 Å². The van der Waals surface area contributed by atoms with E-state index in [4.69, 9.17) is 27.9 Å². The lowest BCUT2D eigenvalue weighted by atomic mass is 10.1. The maximum atomic E-state index is 13.5. The number of carboxylic acids is 1. The van der Waals surface area contributed by atoms with Crippen molar-refractivity contribution in [2.45, 2.75) is 0 Å². The Morgan fingerprint density at radius 2 is 1.69 bits per heavy atom. The van der Waals surface area contributed by atoms with Crippen molar-refractivity contribution in [3.05, 3.63) is 105 Å². The highest BCUT2D eigenvalue weighted by Crippen LogP contribution is 2.39. The fraction of sp³-hybridized carbons (Fsp3) is 0.0400. The molecular formula is C25H17Cl2NO4. The molecule has 5 nitrogen and oxygen atoms in total. The van der Waals surface area contributed by atoms with E-state index in [9.17, 15) is 14.7 Å². The lowest BCUT2D eigenvalue weighted by Crippen LogP contribution is -2.25. The molecule has 32 heavy (non-hydrogen) atoms. The molecule has 4 rings (SSSR count). The molecule has 3 aromatic carbocycles. The minimum Gasteiger partial charge on any atom is -0.497 e. The summed E-state index contributed by atoms with van der Waals surface area (Å²) in [7, 11) is 1.59. The van der Waals surface area contributed by atoms with Crippen molar-refractivity contribution < 1.29 is 19.4 Å². The van der Waals surface area contributed by atoms with Crippen molar-refractivity contribution in [2.24, 2.45) is 0 Å². The van der Waals surface area contributed by atoms with Crippen LogP contribution in [0.4, 0.5) is 5.69 Å². The molecule has 0 bridgehead atoms. The van der Waals surface area contributed by atoms with Crippen LogP contribution in [0, 0.1) is 0 Å². The van der Waals surface area contributed by atoms with Crippen LogP contribution in [0.25, 0.3) is 11.8 Å². The van der Waals surface area contributed by atoms with E-state index in [1.165, 1.54) is 23.1 Å². The molecule has 1 N–H and O–H groups in total. The topological polar surface area (TPSA) is 66.8 Å². The third kappa shape index (κ3) is 4.26. The van der Waals surface area contributed by atoms with Crippen molar-refractivity contribution in [3.63, 3.8) is 0 Å². The molecule has 0 atom stereocenters. The second-order valence-electron chi connectivity index (χ2n) is 7.02. The van der Waals surface area contributed by atoms with E-state index in [0.717, 1.165) is 11.1 Å². The van der Waals surface area contributed by atoms with Crippen LogP contribution in [-0.2, 0) is 4.79 Å². The molecule has 0 radical (unpaired) electrons. The molecule has 0 fully saturated rings. The summed E-state index contributed by atoms with van der Waals surface area (Å²) in [6.45, 7) is 0. The summed E-state index contributed by atoms with van der Waals surface area (Å²) in [6, 6.07) is 18.6. The first-order chi connectivity index (χ1) is 15.4. The van der Waals surface area contributed by atoms with Crippen LogP contribution in [0.1, 0.15) is 21.5 Å². The zero-order chi connectivity index (χ0) is 22.8. The SMILES string of the molecule is COc1ccc(/C=C2/C=C(c3ccc(Cl)cc3)N(c3cc(C(=O)O)ccc3Cl)C2=O)cc1. The highest BCUT2D eigenvalue weighted by atomic mass is 35.5. The molecular weight excluding hydrogens is 449 g/mol. The standard InChI is InChI=1S/C25H17Cl2NO4/c1-32-20-9-2-15(3-10-20)12-18-14-22(16-4-7-19(26)8-5-16)28(24(18)29)23-13-17(25(30)31)6-11-21(23)27/h2-14H,1H3,(H,30,31)/b18-12-. The van der Waals surface area contributed by atoms with Crippen molar-refractivity contribution in [1.82, 2.24) is 0 Å². The number of amides is 1. The number of hydrogen-bond donors (Lipinski definition) is 1. The van der Waals surface area contributed by atoms with Gasteiger partial charge in [0.15, 0.2) is 0 Å². The van der Waals surface area contributed by atoms with E-state index in [2.05, 4.69) is 0 Å². The fourth-order valence-electron chi connectivity index (χ4n) is 3.38. The van der Waals surface area contributed by atoms with Crippen LogP contribution >= 0.6 is 23.2 Å². The predicted molar refractivity (Wildman–Crippen MR) is 126 cm³/mol. The second-order valence-corrected chi connectivity index (χ2v) is 7.86. The molecule has 1 aliphatic heterocycles. The van der Waals surface area contributed by atoms with Gasteiger partial charge in [-0.15, -0.1) is 0 Å². The molecule has 0 saturated heterocycles. The number of methoxy groups -OCH3 is 1. The molecule has 0 spiro atoms. The Labute approximate surface area is 194 Å². The van der Waals surface area contributed by atoms with Gasteiger partial charge in [0.05, 0.1) is 29.1 Å². The molecule has 7 heteroatoms. The van der Waals surface area contributed by atoms with Gasteiger partial charge in [-0.25, -0.2) is 4.79 Å². The fourth-order valence-corrected chi connectivity index (χ4v) is 3.71. The number of rotatable bonds is 5. The molecule has 1 amide bonds. The van der Waals surface area contributed by atoms with Crippen molar-refractivity contribution in [3.8, 4) is 5.75 Å². The highest BCUT2D eigenvalue weighted by molar-refractivity contribution is 6.36. The Balaban J connectivity index is 1.84. The average Bonchev–Trinajstić information content (AvgIpc) is 3.10. The molecule has 0 aromatic heterocycles. The highest BCUT2D eigenvalue weighted by Gasteiger charge is 2.32. The van der Waals surface area contributed by atoms with E-state index >= 15 is 0 Å². The number of ether oxygens (including phenoxy) is 1. The lowest BCUT2D eigenvalue weighted by Gasteiger charge is -2.22. The van der Waals surface area contributed by atoms with Crippen LogP contribution in [0.2, 0.25) is 10.0 Å². The Hall–Kier alpha value is -3.54. The first kappa shape index (κ1) is 21.7. The van der Waals surface area contributed by atoms with Gasteiger partial charge in [0, 0.05) is 10.6 Å². The van der Waals surface area contributed by atoms with Crippen LogP contribution in [-0.4, -0.2) is 24.1 Å². The zero-order valence-corrected chi connectivity index (χ0v) is 18.4. The van der Waals surface area contributed by atoms with Crippen molar-refractivity contribution in [2.75, 3.05) is 12.0 Å². The van der Waals surface area contributed by atoms with Crippen molar-refractivity contribution >= 4 is 52.5 Å². The van der Waals surface area contributed by atoms with E-state index in [0.29, 0.717) is 22.0 Å². The number of carboxylic acid groups (broad SMARTS) is 1. The van der Waals surface area contributed by atoms with Gasteiger partial charge < -0.3 is 9.84 Å². The van der Waals surface area contributed by atoms with Gasteiger partial charge in [0.2, 0.25) is 0 Å². The Morgan fingerprint density at radius 3 is 2.31 bits per heavy atom. The number of benzene rings is 3. The zero-order valence-electron chi connectivity index (χ0n) is 16.9. The number of carbonyl (C=O) groups is 2. The van der Waals surface area contributed by atoms with Gasteiger partial charge in [0.1, 0.15) is 5.75 Å². The van der Waals surface area contributed by atoms with E-state index in [-0.39, 0.29) is 22.2 Å². The summed E-state index contributed by atoms with van der Waals surface area (Å²) in [5.41, 5.74) is 2.86. The average molecular weight is 466 g/mol. The normalized spacial score (nSPS) is 14.6. The van der Waals surface area contributed by atoms with E-state index in [1.807, 2.05) is 12.1 Å². The Kier molecular flexibility index (Phi) is 6.04. The largest absolute Gasteiger partial charge is 0.497 e. The summed E-state index contributed by atoms with van der Waals surface area (Å²) >= 11 is 12.4. The summed E-state index contributed by atoms with van der Waals surface area (Å²) in [6.07, 6.45) is 3.51. The number of nitrogens with zero attached hydrogens (tertiary/aromatic N) is 1. The van der Waals surface area contributed by atoms with Crippen LogP contribution in [0.3, 0.4) is 0 Å². The maximum Gasteiger partial charge on any atom is 0.335 e. The number of aromatic carboxylic acids is 1. The van der Waals surface area contributed by atoms with Gasteiger partial charge in [-0.3, -0.25) is 9.69 Å². The first-order valence-electron chi connectivity index (χ1n) is 9.58. The van der Waals surface area contributed by atoms with E-state index < -0.39 is 5.97 Å². The molecule has 0 saturated carbocycles. The quantitative estimate of drug-likeness (QED) is 0.457. The molecule has 160 valence electrons. The maximum absolute atomic E-state index is 13.5. The number of anilines is 1. The number of hydrogen-bond acceptors (Lipinski definition) is 3. The van der Waals surface area contributed by atoms with Gasteiger partial charge >= 0.3 is 5.97 Å². The molecule has 0 unspecified atom stereocenters. The number of halogens is 2. The van der Waals surface area contributed by atoms with E-state index in [1.54, 1.807) is 55.7 Å². The molecule has 1 aliphatic rings. The van der Waals surface area contributed by atoms with Gasteiger partial charge in [-0.2, -0.15) is 0 Å². The van der Waals surface area contributed by atoms with Gasteiger partial charge in [0.25, 0.3) is 5.91 Å². The molecule has 1 heterocycles. The van der Waals surface area contributed by atoms with Gasteiger partial charge in [-0.05, 0) is 65.7 Å². The summed E-state index contributed by atoms with van der Waals surface area (Å²) in [5.74, 6) is -0.725. The summed E-state index contributed by atoms with van der Waals surface area (Å²) in [4.78, 5) is 26.4. The molecule has 0 aliphatic carbocycles. The van der Waals surface area contributed by atoms with Crippen LogP contribution in [0.5, 0.6) is 5.75 Å². The minimum atomic E-state index is -1.11. The minimum absolute atomic E-state index is 0.0280. The summed E-state index contributed by atoms with van der Waals surface area (Å²) in [5, 5.41) is 10.2. The molecule has 3 aromatic rings. The van der Waals surface area contributed by atoms with Gasteiger partial charge in [-0.1, -0.05) is 47.5 Å². The summed E-state index contributed by atoms with van der Waals surface area (Å²) < 4.78 is 5.18. The van der Waals surface area contributed by atoms with Crippen LogP contribution in [0.15, 0.2) is 78.4 Å². The predicted octanol–water partition coefficient (Wildman–Crippen LogP) is 6.17. The first-order valence-corrected chi connectivity index (χ1v) is 10.3. The smallest absolute Gasteiger partial charge is 0.335 e. The third-order valence-corrected chi connectivity index (χ3v) is 5.57. The number of carbonyl (C=O) groups excluding carboxylic acids is 1. The van der Waals surface area contributed by atoms with Crippen molar-refractivity contribution in [1.29, 1.82) is 0 Å². The second kappa shape index (κ2) is 8.91.